The summed E-state index contributed by atoms with van der Waals surface area (Å²) in [5.41, 5.74) is 1.93. The van der Waals surface area contributed by atoms with Crippen LogP contribution in [0.4, 0.5) is 0 Å². The Balaban J connectivity index is 0.000000217. The minimum Gasteiger partial charge on any atom is -0.275 e. The zero-order valence-electron chi connectivity index (χ0n) is 12.4. The molecule has 0 aliphatic heterocycles. The van der Waals surface area contributed by atoms with Crippen LogP contribution in [0.1, 0.15) is 22.8 Å². The summed E-state index contributed by atoms with van der Waals surface area (Å²) >= 11 is 0. The smallest absolute Gasteiger partial charge is 0.275 e. The first kappa shape index (κ1) is 15.9. The molecule has 0 fully saturated rings. The van der Waals surface area contributed by atoms with Crippen LogP contribution in [0.2, 0.25) is 0 Å². The minimum atomic E-state index is -0.203. The van der Waals surface area contributed by atoms with E-state index in [9.17, 15) is 4.79 Å². The number of carbonyl (C=O) groups is 1. The van der Waals surface area contributed by atoms with Gasteiger partial charge >= 0.3 is 0 Å². The third-order valence-electron chi connectivity index (χ3n) is 2.76. The molecule has 20 heavy (non-hydrogen) atoms. The maximum Gasteiger partial charge on any atom is 0.280 e. The summed E-state index contributed by atoms with van der Waals surface area (Å²) in [7, 11) is 4.74. The van der Waals surface area contributed by atoms with Crippen LogP contribution in [0.5, 0.6) is 0 Å². The topological polar surface area (TPSA) is 47.4 Å². The van der Waals surface area contributed by atoms with Gasteiger partial charge < -0.3 is 0 Å². The molecule has 1 heterocycles. The number of aromatic nitrogens is 2. The molecule has 0 unspecified atom stereocenters. The second kappa shape index (κ2) is 8.12. The van der Waals surface area contributed by atoms with Crippen LogP contribution < -0.4 is 0 Å². The molecule has 0 radical (unpaired) electrons. The molecule has 5 nitrogen and oxygen atoms in total. The van der Waals surface area contributed by atoms with Gasteiger partial charge in [-0.3, -0.25) is 14.3 Å². The van der Waals surface area contributed by atoms with Crippen molar-refractivity contribution in [3.8, 4) is 0 Å². The minimum absolute atomic E-state index is 0.203. The molecule has 0 saturated carbocycles. The van der Waals surface area contributed by atoms with E-state index < -0.39 is 0 Å². The van der Waals surface area contributed by atoms with Gasteiger partial charge in [-0.05, 0) is 12.0 Å². The van der Waals surface area contributed by atoms with Gasteiger partial charge in [-0.25, -0.2) is 5.06 Å². The summed E-state index contributed by atoms with van der Waals surface area (Å²) < 4.78 is 1.57. The predicted octanol–water partition coefficient (Wildman–Crippen LogP) is 2.30. The first-order chi connectivity index (χ1) is 9.58. The molecule has 0 bridgehead atoms. The van der Waals surface area contributed by atoms with Crippen molar-refractivity contribution in [3.05, 3.63) is 53.9 Å². The quantitative estimate of drug-likeness (QED) is 0.808. The third kappa shape index (κ3) is 4.85. The van der Waals surface area contributed by atoms with E-state index >= 15 is 0 Å². The zero-order chi connectivity index (χ0) is 15.0. The number of aryl methyl sites for hydroxylation is 2. The molecule has 5 heteroatoms. The Morgan fingerprint density at radius 2 is 2.00 bits per heavy atom. The van der Waals surface area contributed by atoms with Crippen molar-refractivity contribution in [1.29, 1.82) is 0 Å². The van der Waals surface area contributed by atoms with E-state index in [-0.39, 0.29) is 5.91 Å². The van der Waals surface area contributed by atoms with E-state index in [0.29, 0.717) is 5.56 Å². The summed E-state index contributed by atoms with van der Waals surface area (Å²) in [6.45, 7) is 2.16. The molecule has 0 spiro atoms. The van der Waals surface area contributed by atoms with Gasteiger partial charge in [0.15, 0.2) is 0 Å². The summed E-state index contributed by atoms with van der Waals surface area (Å²) in [6.07, 6.45) is 4.27. The van der Waals surface area contributed by atoms with E-state index in [0.717, 1.165) is 11.5 Å². The molecule has 0 saturated heterocycles. The summed E-state index contributed by atoms with van der Waals surface area (Å²) in [5, 5.41) is 5.02. The summed E-state index contributed by atoms with van der Waals surface area (Å²) in [4.78, 5) is 16.1. The molecule has 1 aromatic carbocycles. The van der Waals surface area contributed by atoms with Gasteiger partial charge in [0.05, 0.1) is 18.9 Å². The molecule has 0 aliphatic carbocycles. The van der Waals surface area contributed by atoms with Crippen LogP contribution >= 0.6 is 0 Å². The molecule has 108 valence electrons. The number of amides is 1. The second-order valence-corrected chi connectivity index (χ2v) is 4.23. The first-order valence-corrected chi connectivity index (χ1v) is 6.43. The van der Waals surface area contributed by atoms with Gasteiger partial charge in [0.25, 0.3) is 5.91 Å². The maximum atomic E-state index is 11.3. The molecular formula is C15H21N3O2. The Hall–Kier alpha value is -2.14. The van der Waals surface area contributed by atoms with E-state index in [1.165, 1.54) is 18.9 Å². The van der Waals surface area contributed by atoms with Crippen molar-refractivity contribution in [2.75, 3.05) is 14.2 Å². The van der Waals surface area contributed by atoms with Crippen molar-refractivity contribution in [1.82, 2.24) is 14.8 Å². The van der Waals surface area contributed by atoms with Crippen molar-refractivity contribution in [2.24, 2.45) is 7.05 Å². The Morgan fingerprint density at radius 1 is 1.35 bits per heavy atom. The van der Waals surface area contributed by atoms with Crippen molar-refractivity contribution >= 4 is 5.91 Å². The lowest BCUT2D eigenvalue weighted by Gasteiger charge is -2.11. The van der Waals surface area contributed by atoms with Gasteiger partial charge in [-0.15, -0.1) is 0 Å². The van der Waals surface area contributed by atoms with Crippen LogP contribution in [0.15, 0.2) is 42.7 Å². The van der Waals surface area contributed by atoms with Gasteiger partial charge in [0.1, 0.15) is 0 Å². The molecule has 0 N–H and O–H groups in total. The average Bonchev–Trinajstić information content (AvgIpc) is 2.93. The van der Waals surface area contributed by atoms with Gasteiger partial charge in [-0.1, -0.05) is 37.3 Å². The molecule has 1 amide bonds. The van der Waals surface area contributed by atoms with Gasteiger partial charge in [-0.2, -0.15) is 5.10 Å². The lowest BCUT2D eigenvalue weighted by atomic mass is 10.2. The highest BCUT2D eigenvalue weighted by atomic mass is 16.7. The third-order valence-corrected chi connectivity index (χ3v) is 2.76. The fraction of sp³-hybridized carbons (Fsp3) is 0.333. The zero-order valence-corrected chi connectivity index (χ0v) is 12.4. The second-order valence-electron chi connectivity index (χ2n) is 4.23. The average molecular weight is 275 g/mol. The molecule has 2 aromatic rings. The molecule has 2 rings (SSSR count). The Morgan fingerprint density at radius 3 is 2.40 bits per heavy atom. The maximum absolute atomic E-state index is 11.3. The molecule has 1 aromatic heterocycles. The van der Waals surface area contributed by atoms with E-state index in [1.807, 2.05) is 6.07 Å². The van der Waals surface area contributed by atoms with Gasteiger partial charge in [0.2, 0.25) is 0 Å². The largest absolute Gasteiger partial charge is 0.280 e. The van der Waals surface area contributed by atoms with E-state index in [4.69, 9.17) is 4.84 Å². The summed E-state index contributed by atoms with van der Waals surface area (Å²) in [5.74, 6) is -0.203. The fourth-order valence-corrected chi connectivity index (χ4v) is 1.51. The van der Waals surface area contributed by atoms with Crippen LogP contribution in [0.25, 0.3) is 0 Å². The summed E-state index contributed by atoms with van der Waals surface area (Å²) in [6, 6.07) is 10.5. The predicted molar refractivity (Wildman–Crippen MR) is 78.1 cm³/mol. The van der Waals surface area contributed by atoms with Crippen molar-refractivity contribution < 1.29 is 9.63 Å². The number of hydroxylamine groups is 2. The Bertz CT molecular complexity index is 523. The van der Waals surface area contributed by atoms with Crippen LogP contribution in [-0.4, -0.2) is 34.9 Å². The molecule has 0 atom stereocenters. The van der Waals surface area contributed by atoms with Crippen LogP contribution in [0.3, 0.4) is 0 Å². The first-order valence-electron chi connectivity index (χ1n) is 6.43. The van der Waals surface area contributed by atoms with Crippen molar-refractivity contribution in [2.45, 2.75) is 13.3 Å². The standard InChI is InChI=1S/C8H10.C7H11N3O2/c1-2-8-6-4-3-5-7-8;1-9-5-6(4-8-9)7(11)10(2)12-3/h3-7H,2H2,1H3;4-5H,1-3H3. The number of rotatable bonds is 3. The van der Waals surface area contributed by atoms with E-state index in [1.54, 1.807) is 25.0 Å². The van der Waals surface area contributed by atoms with Gasteiger partial charge in [0, 0.05) is 20.3 Å². The van der Waals surface area contributed by atoms with Crippen LogP contribution in [-0.2, 0) is 18.3 Å². The van der Waals surface area contributed by atoms with Crippen molar-refractivity contribution in [3.63, 3.8) is 0 Å². The van der Waals surface area contributed by atoms with E-state index in [2.05, 4.69) is 36.3 Å². The monoisotopic (exact) mass is 275 g/mol. The normalized spacial score (nSPS) is 9.60. The number of nitrogens with zero attached hydrogens (tertiary/aromatic N) is 3. The Kier molecular flexibility index (Phi) is 6.46. The fourth-order valence-electron chi connectivity index (χ4n) is 1.51. The Labute approximate surface area is 119 Å². The lowest BCUT2D eigenvalue weighted by Crippen LogP contribution is -2.24. The highest BCUT2D eigenvalue weighted by Crippen LogP contribution is 2.00. The molecular weight excluding hydrogens is 254 g/mol. The number of carbonyl (C=O) groups excluding carboxylic acids is 1. The number of benzene rings is 1. The van der Waals surface area contributed by atoms with Crippen LogP contribution in [0, 0.1) is 0 Å². The highest BCUT2D eigenvalue weighted by molar-refractivity contribution is 5.92. The molecule has 0 aliphatic rings. The highest BCUT2D eigenvalue weighted by Gasteiger charge is 2.12. The lowest BCUT2D eigenvalue weighted by molar-refractivity contribution is -0.0757. The number of hydrogen-bond donors (Lipinski definition) is 0. The SMILES string of the molecule is CCc1ccccc1.CON(C)C(=O)c1cnn(C)c1. The number of hydrogen-bond acceptors (Lipinski definition) is 3.